The highest BCUT2D eigenvalue weighted by atomic mass is 16.4. The van der Waals surface area contributed by atoms with Crippen LogP contribution in [0, 0.1) is 0 Å². The third kappa shape index (κ3) is 2.46. The van der Waals surface area contributed by atoms with Gasteiger partial charge in [0.05, 0.1) is 0 Å². The van der Waals surface area contributed by atoms with Crippen molar-refractivity contribution in [3.63, 3.8) is 0 Å². The second-order valence-corrected chi connectivity index (χ2v) is 3.13. The van der Waals surface area contributed by atoms with Crippen LogP contribution in [-0.2, 0) is 0 Å². The molecule has 0 radical (unpaired) electrons. The zero-order chi connectivity index (χ0) is 12.3. The van der Waals surface area contributed by atoms with Crippen LogP contribution >= 0.6 is 0 Å². The first kappa shape index (κ1) is 10.8. The molecule has 0 atom stereocenters. The van der Waals surface area contributed by atoms with Crippen molar-refractivity contribution >= 4 is 17.8 Å². The van der Waals surface area contributed by atoms with E-state index in [0.29, 0.717) is 5.56 Å². The quantitative estimate of drug-likeness (QED) is 0.723. The molecule has 0 fully saturated rings. The van der Waals surface area contributed by atoms with E-state index < -0.39 is 11.9 Å². The van der Waals surface area contributed by atoms with Gasteiger partial charge in [0.25, 0.3) is 5.91 Å². The van der Waals surface area contributed by atoms with Crippen LogP contribution in [0.4, 0.5) is 5.95 Å². The Morgan fingerprint density at radius 2 is 1.94 bits per heavy atom. The molecule has 0 spiro atoms. The van der Waals surface area contributed by atoms with Crippen molar-refractivity contribution in [1.82, 2.24) is 15.2 Å². The van der Waals surface area contributed by atoms with Crippen molar-refractivity contribution in [2.24, 2.45) is 0 Å². The second kappa shape index (κ2) is 4.44. The molecule has 0 aliphatic rings. The molecule has 0 aliphatic carbocycles. The zero-order valence-electron chi connectivity index (χ0n) is 8.54. The van der Waals surface area contributed by atoms with Crippen LogP contribution in [0.2, 0.25) is 0 Å². The third-order valence-electron chi connectivity index (χ3n) is 1.95. The summed E-state index contributed by atoms with van der Waals surface area (Å²) in [6.07, 6.45) is 0. The Balaban J connectivity index is 2.11. The van der Waals surface area contributed by atoms with Crippen LogP contribution in [0.3, 0.4) is 0 Å². The van der Waals surface area contributed by atoms with E-state index in [0.717, 1.165) is 0 Å². The summed E-state index contributed by atoms with van der Waals surface area (Å²) in [6, 6.07) is 8.47. The maximum absolute atomic E-state index is 11.6. The van der Waals surface area contributed by atoms with Gasteiger partial charge in [-0.05, 0) is 12.1 Å². The number of aromatic nitrogens is 3. The molecule has 1 aromatic heterocycles. The van der Waals surface area contributed by atoms with Gasteiger partial charge in [-0.2, -0.15) is 4.98 Å². The Labute approximate surface area is 95.5 Å². The smallest absolute Gasteiger partial charge is 0.373 e. The van der Waals surface area contributed by atoms with Crippen LogP contribution in [0.25, 0.3) is 0 Å². The summed E-state index contributed by atoms with van der Waals surface area (Å²) in [6.45, 7) is 0. The predicted octanol–water partition coefficient (Wildman–Crippen LogP) is 0.755. The highest BCUT2D eigenvalue weighted by molar-refractivity contribution is 6.03. The van der Waals surface area contributed by atoms with Crippen LogP contribution in [0.15, 0.2) is 30.3 Å². The Kier molecular flexibility index (Phi) is 2.82. The van der Waals surface area contributed by atoms with Gasteiger partial charge in [0.2, 0.25) is 11.8 Å². The fraction of sp³-hybridized carbons (Fsp3) is 0. The van der Waals surface area contributed by atoms with Crippen LogP contribution in [-0.4, -0.2) is 32.2 Å². The number of carboxylic acids is 1. The van der Waals surface area contributed by atoms with Gasteiger partial charge < -0.3 is 5.11 Å². The number of H-pyrrole nitrogens is 1. The van der Waals surface area contributed by atoms with E-state index >= 15 is 0 Å². The number of aromatic carboxylic acids is 1. The molecule has 0 saturated carbocycles. The summed E-state index contributed by atoms with van der Waals surface area (Å²) in [4.78, 5) is 25.7. The number of amides is 1. The van der Waals surface area contributed by atoms with E-state index in [1.54, 1.807) is 30.3 Å². The number of anilines is 1. The SMILES string of the molecule is O=C(Nc1n[nH]c(C(=O)O)n1)c1ccccc1. The Hall–Kier alpha value is -2.70. The molecular weight excluding hydrogens is 224 g/mol. The number of aromatic amines is 1. The van der Waals surface area contributed by atoms with Gasteiger partial charge in [-0.25, -0.2) is 4.79 Å². The van der Waals surface area contributed by atoms with Gasteiger partial charge in [-0.15, -0.1) is 5.10 Å². The molecule has 0 bridgehead atoms. The largest absolute Gasteiger partial charge is 0.475 e. The molecule has 0 unspecified atom stereocenters. The molecule has 1 aromatic carbocycles. The van der Waals surface area contributed by atoms with Crippen LogP contribution in [0.1, 0.15) is 21.0 Å². The summed E-state index contributed by atoms with van der Waals surface area (Å²) in [5.74, 6) is -2.04. The van der Waals surface area contributed by atoms with E-state index in [4.69, 9.17) is 5.11 Å². The molecular formula is C10H8N4O3. The number of carbonyl (C=O) groups is 2. The van der Waals surface area contributed by atoms with Crippen molar-refractivity contribution in [3.8, 4) is 0 Å². The van der Waals surface area contributed by atoms with Crippen LogP contribution in [0.5, 0.6) is 0 Å². The number of hydrogen-bond donors (Lipinski definition) is 3. The molecule has 0 saturated heterocycles. The first-order valence-corrected chi connectivity index (χ1v) is 4.69. The van der Waals surface area contributed by atoms with E-state index in [9.17, 15) is 9.59 Å². The van der Waals surface area contributed by atoms with Crippen molar-refractivity contribution in [2.45, 2.75) is 0 Å². The number of benzene rings is 1. The predicted molar refractivity (Wildman–Crippen MR) is 57.7 cm³/mol. The standard InChI is InChI=1S/C10H8N4O3/c15-8(6-4-2-1-3-5-6)12-10-11-7(9(16)17)13-14-10/h1-5H,(H,16,17)(H2,11,12,13,14,15). The van der Waals surface area contributed by atoms with Gasteiger partial charge >= 0.3 is 5.97 Å². The maximum Gasteiger partial charge on any atom is 0.373 e. The first-order valence-electron chi connectivity index (χ1n) is 4.69. The van der Waals surface area contributed by atoms with Crippen molar-refractivity contribution in [3.05, 3.63) is 41.7 Å². The average Bonchev–Trinajstić information content (AvgIpc) is 2.79. The monoisotopic (exact) mass is 232 g/mol. The molecule has 3 N–H and O–H groups in total. The van der Waals surface area contributed by atoms with Gasteiger partial charge in [0.15, 0.2) is 0 Å². The normalized spacial score (nSPS) is 9.88. The fourth-order valence-corrected chi connectivity index (χ4v) is 1.18. The molecule has 2 aromatic rings. The van der Waals surface area contributed by atoms with Gasteiger partial charge in [0.1, 0.15) is 0 Å². The minimum absolute atomic E-state index is 0.0729. The molecule has 86 valence electrons. The van der Waals surface area contributed by atoms with Crippen molar-refractivity contribution in [2.75, 3.05) is 5.32 Å². The van der Waals surface area contributed by atoms with Crippen molar-refractivity contribution in [1.29, 1.82) is 0 Å². The number of carboxylic acid groups (broad SMARTS) is 1. The lowest BCUT2D eigenvalue weighted by Gasteiger charge is -1.99. The molecule has 7 heteroatoms. The lowest BCUT2D eigenvalue weighted by Crippen LogP contribution is -2.12. The number of nitrogens with one attached hydrogen (secondary N) is 2. The van der Waals surface area contributed by atoms with E-state index in [2.05, 4.69) is 20.5 Å². The van der Waals surface area contributed by atoms with Crippen LogP contribution < -0.4 is 5.32 Å². The molecule has 7 nitrogen and oxygen atoms in total. The highest BCUT2D eigenvalue weighted by Crippen LogP contribution is 2.04. The van der Waals surface area contributed by atoms with Crippen molar-refractivity contribution < 1.29 is 14.7 Å². The summed E-state index contributed by atoms with van der Waals surface area (Å²) in [5.41, 5.74) is 0.439. The molecule has 1 heterocycles. The maximum atomic E-state index is 11.6. The topological polar surface area (TPSA) is 108 Å². The minimum Gasteiger partial charge on any atom is -0.475 e. The lowest BCUT2D eigenvalue weighted by atomic mass is 10.2. The summed E-state index contributed by atoms with van der Waals surface area (Å²) in [7, 11) is 0. The fourth-order valence-electron chi connectivity index (χ4n) is 1.18. The zero-order valence-corrected chi connectivity index (χ0v) is 8.54. The highest BCUT2D eigenvalue weighted by Gasteiger charge is 2.12. The summed E-state index contributed by atoms with van der Waals surface area (Å²) in [5, 5.41) is 16.7. The van der Waals surface area contributed by atoms with E-state index in [1.165, 1.54) is 0 Å². The Bertz CT molecular complexity index is 550. The van der Waals surface area contributed by atoms with E-state index in [1.807, 2.05) is 0 Å². The molecule has 0 aliphatic heterocycles. The number of rotatable bonds is 3. The summed E-state index contributed by atoms with van der Waals surface area (Å²) < 4.78 is 0. The number of hydrogen-bond acceptors (Lipinski definition) is 4. The minimum atomic E-state index is -1.24. The molecule has 2 rings (SSSR count). The van der Waals surface area contributed by atoms with Gasteiger partial charge in [-0.3, -0.25) is 15.2 Å². The first-order chi connectivity index (χ1) is 8.16. The molecule has 1 amide bonds. The summed E-state index contributed by atoms with van der Waals surface area (Å²) >= 11 is 0. The molecule has 17 heavy (non-hydrogen) atoms. The van der Waals surface area contributed by atoms with E-state index in [-0.39, 0.29) is 11.8 Å². The van der Waals surface area contributed by atoms with Gasteiger partial charge in [-0.1, -0.05) is 18.2 Å². The van der Waals surface area contributed by atoms with Gasteiger partial charge in [0, 0.05) is 5.56 Å². The second-order valence-electron chi connectivity index (χ2n) is 3.13. The number of carbonyl (C=O) groups excluding carboxylic acids is 1. The third-order valence-corrected chi connectivity index (χ3v) is 1.95. The average molecular weight is 232 g/mol. The lowest BCUT2D eigenvalue weighted by molar-refractivity contribution is 0.0683. The number of nitrogens with zero attached hydrogens (tertiary/aromatic N) is 2. The Morgan fingerprint density at radius 1 is 1.24 bits per heavy atom. The Morgan fingerprint density at radius 3 is 2.53 bits per heavy atom.